The van der Waals surface area contributed by atoms with Gasteiger partial charge in [-0.25, -0.2) is 4.98 Å². The number of hydrogen-bond donors (Lipinski definition) is 1. The minimum absolute atomic E-state index is 0. The van der Waals surface area contributed by atoms with Crippen molar-refractivity contribution in [2.24, 2.45) is 4.99 Å². The van der Waals surface area contributed by atoms with Crippen LogP contribution in [0.4, 0.5) is 0 Å². The van der Waals surface area contributed by atoms with Crippen LogP contribution in [0.5, 0.6) is 0 Å². The van der Waals surface area contributed by atoms with Gasteiger partial charge in [-0.2, -0.15) is 0 Å². The van der Waals surface area contributed by atoms with Gasteiger partial charge in [0.25, 0.3) is 0 Å². The van der Waals surface area contributed by atoms with Crippen LogP contribution >= 0.6 is 24.0 Å². The van der Waals surface area contributed by atoms with Gasteiger partial charge in [-0.15, -0.1) is 24.0 Å². The molecule has 1 aromatic heterocycles. The van der Waals surface area contributed by atoms with E-state index in [1.807, 2.05) is 25.5 Å². The molecule has 0 saturated carbocycles. The Bertz CT molecular complexity index is 792. The highest BCUT2D eigenvalue weighted by Crippen LogP contribution is 2.18. The smallest absolute Gasteiger partial charge is 0.194 e. The van der Waals surface area contributed by atoms with E-state index in [4.69, 9.17) is 0 Å². The second-order valence-corrected chi connectivity index (χ2v) is 7.17. The largest absolute Gasteiger partial charge is 0.349 e. The average molecular weight is 492 g/mol. The number of guanidine groups is 1. The fourth-order valence-corrected chi connectivity index (χ4v) is 3.95. The van der Waals surface area contributed by atoms with Crippen LogP contribution < -0.4 is 5.32 Å². The van der Waals surface area contributed by atoms with E-state index in [-0.39, 0.29) is 24.0 Å². The molecule has 2 aliphatic rings. The molecule has 28 heavy (non-hydrogen) atoms. The molecular formula is C21H29IN6. The Morgan fingerprint density at radius 1 is 1.21 bits per heavy atom. The molecule has 1 aromatic carbocycles. The van der Waals surface area contributed by atoms with E-state index in [0.29, 0.717) is 12.6 Å². The molecule has 1 N–H and O–H groups in total. The first kappa shape index (κ1) is 20.9. The van der Waals surface area contributed by atoms with E-state index in [1.165, 1.54) is 12.0 Å². The summed E-state index contributed by atoms with van der Waals surface area (Å²) in [6.45, 7) is 5.78. The predicted molar refractivity (Wildman–Crippen MR) is 124 cm³/mol. The second-order valence-electron chi connectivity index (χ2n) is 7.17. The molecule has 1 saturated heterocycles. The van der Waals surface area contributed by atoms with E-state index < -0.39 is 0 Å². The number of benzene rings is 1. The quantitative estimate of drug-likeness (QED) is 0.302. The molecule has 3 heterocycles. The third-order valence-corrected chi connectivity index (χ3v) is 5.44. The minimum Gasteiger partial charge on any atom is -0.349 e. The summed E-state index contributed by atoms with van der Waals surface area (Å²) in [6, 6.07) is 11.1. The molecule has 2 aromatic rings. The summed E-state index contributed by atoms with van der Waals surface area (Å²) in [6.07, 6.45) is 9.64. The highest BCUT2D eigenvalue weighted by molar-refractivity contribution is 14.0. The van der Waals surface area contributed by atoms with Crippen molar-refractivity contribution in [1.82, 2.24) is 24.7 Å². The monoisotopic (exact) mass is 492 g/mol. The summed E-state index contributed by atoms with van der Waals surface area (Å²) in [7, 11) is 1.86. The molecule has 0 amide bonds. The zero-order chi connectivity index (χ0) is 18.5. The van der Waals surface area contributed by atoms with Crippen molar-refractivity contribution in [3.05, 3.63) is 66.3 Å². The standard InChI is InChI=1S/C21H28N6.HI/c1-22-21(27-13-9-19(17-27)25-11-5-6-12-25)24-15-20-23-10-14-26(20)16-18-7-3-2-4-8-18;/h2-8,10,14,19H,9,11-13,15-17H2,1H3,(H,22,24);1H. The van der Waals surface area contributed by atoms with Crippen molar-refractivity contribution in [3.63, 3.8) is 0 Å². The van der Waals surface area contributed by atoms with Gasteiger partial charge in [0.1, 0.15) is 5.82 Å². The van der Waals surface area contributed by atoms with E-state index in [2.05, 4.69) is 66.1 Å². The zero-order valence-corrected chi connectivity index (χ0v) is 18.7. The third-order valence-electron chi connectivity index (χ3n) is 5.44. The van der Waals surface area contributed by atoms with Crippen LogP contribution in [-0.4, -0.2) is 64.6 Å². The Kier molecular flexibility index (Phi) is 7.50. The molecule has 1 unspecified atom stereocenters. The van der Waals surface area contributed by atoms with E-state index in [1.54, 1.807) is 0 Å². The minimum atomic E-state index is 0. The maximum atomic E-state index is 4.53. The van der Waals surface area contributed by atoms with Crippen LogP contribution in [0.25, 0.3) is 0 Å². The van der Waals surface area contributed by atoms with Gasteiger partial charge >= 0.3 is 0 Å². The summed E-state index contributed by atoms with van der Waals surface area (Å²) >= 11 is 0. The summed E-state index contributed by atoms with van der Waals surface area (Å²) in [4.78, 5) is 13.9. The molecule has 2 aliphatic heterocycles. The van der Waals surface area contributed by atoms with Gasteiger partial charge in [-0.05, 0) is 12.0 Å². The lowest BCUT2D eigenvalue weighted by Crippen LogP contribution is -2.42. The summed E-state index contributed by atoms with van der Waals surface area (Å²) in [5.74, 6) is 2.00. The SMILES string of the molecule is CN=C(NCc1nccn1Cc1ccccc1)N1CCC(N2CC=CC2)C1.I. The van der Waals surface area contributed by atoms with Gasteiger partial charge in [0.15, 0.2) is 5.96 Å². The lowest BCUT2D eigenvalue weighted by Gasteiger charge is -2.25. The van der Waals surface area contributed by atoms with E-state index >= 15 is 0 Å². The van der Waals surface area contributed by atoms with Gasteiger partial charge in [0, 0.05) is 58.2 Å². The maximum absolute atomic E-state index is 4.53. The van der Waals surface area contributed by atoms with Crippen LogP contribution in [0, 0.1) is 0 Å². The molecule has 1 fully saturated rings. The molecule has 6 nitrogen and oxygen atoms in total. The van der Waals surface area contributed by atoms with Gasteiger partial charge in [0.05, 0.1) is 6.54 Å². The van der Waals surface area contributed by atoms with Crippen molar-refractivity contribution < 1.29 is 0 Å². The summed E-state index contributed by atoms with van der Waals surface area (Å²) in [5.41, 5.74) is 1.28. The summed E-state index contributed by atoms with van der Waals surface area (Å²) < 4.78 is 2.19. The third kappa shape index (κ3) is 4.94. The first-order valence-electron chi connectivity index (χ1n) is 9.72. The number of hydrogen-bond acceptors (Lipinski definition) is 3. The average Bonchev–Trinajstić information content (AvgIpc) is 3.45. The van der Waals surface area contributed by atoms with Gasteiger partial charge in [-0.1, -0.05) is 42.5 Å². The maximum Gasteiger partial charge on any atom is 0.194 e. The van der Waals surface area contributed by atoms with Gasteiger partial charge < -0.3 is 14.8 Å². The van der Waals surface area contributed by atoms with Gasteiger partial charge in [0.2, 0.25) is 0 Å². The molecule has 1 atom stereocenters. The van der Waals surface area contributed by atoms with Crippen molar-refractivity contribution in [2.75, 3.05) is 33.2 Å². The Morgan fingerprint density at radius 2 is 2.00 bits per heavy atom. The fourth-order valence-electron chi connectivity index (χ4n) is 3.95. The number of aliphatic imine (C=N–C) groups is 1. The van der Waals surface area contributed by atoms with E-state index in [0.717, 1.165) is 44.5 Å². The van der Waals surface area contributed by atoms with Crippen LogP contribution in [-0.2, 0) is 13.1 Å². The Hall–Kier alpha value is -1.87. The second kappa shape index (κ2) is 10.1. The summed E-state index contributed by atoms with van der Waals surface area (Å²) in [5, 5.41) is 3.51. The van der Waals surface area contributed by atoms with E-state index in [9.17, 15) is 0 Å². The molecule has 0 spiro atoms. The number of aromatic nitrogens is 2. The van der Waals surface area contributed by atoms with Crippen LogP contribution in [0.3, 0.4) is 0 Å². The predicted octanol–water partition coefficient (Wildman–Crippen LogP) is 2.57. The Labute approximate surface area is 184 Å². The van der Waals surface area contributed by atoms with Crippen molar-refractivity contribution >= 4 is 29.9 Å². The number of likely N-dealkylation sites (tertiary alicyclic amines) is 1. The Morgan fingerprint density at radius 3 is 2.75 bits per heavy atom. The van der Waals surface area contributed by atoms with Crippen molar-refractivity contribution in [3.8, 4) is 0 Å². The molecule has 0 bridgehead atoms. The number of halogens is 1. The Balaban J connectivity index is 0.00000225. The first-order chi connectivity index (χ1) is 13.3. The molecular weight excluding hydrogens is 463 g/mol. The lowest BCUT2D eigenvalue weighted by atomic mass is 10.2. The molecule has 0 aliphatic carbocycles. The fraction of sp³-hybridized carbons (Fsp3) is 0.429. The van der Waals surface area contributed by atoms with Gasteiger partial charge in [-0.3, -0.25) is 9.89 Å². The number of rotatable bonds is 5. The van der Waals surface area contributed by atoms with Crippen molar-refractivity contribution in [2.45, 2.75) is 25.6 Å². The normalized spacial score (nSPS) is 19.8. The topological polar surface area (TPSA) is 48.7 Å². The number of nitrogens with zero attached hydrogens (tertiary/aromatic N) is 5. The zero-order valence-electron chi connectivity index (χ0n) is 16.4. The molecule has 0 radical (unpaired) electrons. The highest BCUT2D eigenvalue weighted by atomic mass is 127. The number of imidazole rings is 1. The van der Waals surface area contributed by atoms with Crippen LogP contribution in [0.15, 0.2) is 59.9 Å². The molecule has 7 heteroatoms. The highest BCUT2D eigenvalue weighted by Gasteiger charge is 2.29. The van der Waals surface area contributed by atoms with Crippen LogP contribution in [0.2, 0.25) is 0 Å². The number of nitrogens with one attached hydrogen (secondary N) is 1. The van der Waals surface area contributed by atoms with Crippen molar-refractivity contribution in [1.29, 1.82) is 0 Å². The molecule has 4 rings (SSSR count). The first-order valence-corrected chi connectivity index (χ1v) is 9.72. The van der Waals surface area contributed by atoms with Crippen LogP contribution in [0.1, 0.15) is 17.8 Å². The molecule has 150 valence electrons. The lowest BCUT2D eigenvalue weighted by molar-refractivity contribution is 0.259.